The third kappa shape index (κ3) is 3.98. The number of aliphatic hydroxyl groups excluding tert-OH is 1. The molecule has 0 heterocycles. The molecule has 21 heavy (non-hydrogen) atoms. The van der Waals surface area contributed by atoms with Crippen LogP contribution in [0.1, 0.15) is 24.8 Å². The van der Waals surface area contributed by atoms with E-state index in [-0.39, 0.29) is 11.6 Å². The van der Waals surface area contributed by atoms with Gasteiger partial charge in [-0.3, -0.25) is 0 Å². The van der Waals surface area contributed by atoms with E-state index in [1.165, 1.54) is 12.1 Å². The zero-order chi connectivity index (χ0) is 15.6. The number of hydrogen-bond donors (Lipinski definition) is 2. The first-order valence-electron chi connectivity index (χ1n) is 6.51. The monoisotopic (exact) mass is 397 g/mol. The molecule has 0 radical (unpaired) electrons. The molecule has 1 aromatic carbocycles. The normalized spacial score (nSPS) is 22.7. The summed E-state index contributed by atoms with van der Waals surface area (Å²) < 4.78 is 41.9. The van der Waals surface area contributed by atoms with Crippen molar-refractivity contribution in [1.29, 1.82) is 0 Å². The van der Waals surface area contributed by atoms with Gasteiger partial charge < -0.3 is 5.11 Å². The summed E-state index contributed by atoms with van der Waals surface area (Å²) in [6, 6.07) is 2.43. The highest BCUT2D eigenvalue weighted by Gasteiger charge is 2.30. The van der Waals surface area contributed by atoms with E-state index in [0.717, 1.165) is 19.3 Å². The molecule has 1 aliphatic carbocycles. The highest BCUT2D eigenvalue weighted by molar-refractivity contribution is 9.10. The average Bonchev–Trinajstić information content (AvgIpc) is 2.87. The number of benzene rings is 1. The molecule has 1 aliphatic rings. The maximum atomic E-state index is 14.2. The smallest absolute Gasteiger partial charge is 0.243 e. The van der Waals surface area contributed by atoms with Crippen LogP contribution in [-0.2, 0) is 16.6 Å². The second-order valence-corrected chi connectivity index (χ2v) is 8.76. The van der Waals surface area contributed by atoms with E-state index in [0.29, 0.717) is 9.72 Å². The van der Waals surface area contributed by atoms with Gasteiger partial charge in [-0.15, -0.1) is 0 Å². The number of hydrogen-bond acceptors (Lipinski definition) is 4. The van der Waals surface area contributed by atoms with Gasteiger partial charge in [-0.1, -0.05) is 15.9 Å². The lowest BCUT2D eigenvalue weighted by Crippen LogP contribution is -2.33. The van der Waals surface area contributed by atoms with Crippen molar-refractivity contribution in [2.24, 2.45) is 0 Å². The van der Waals surface area contributed by atoms with Gasteiger partial charge in [0, 0.05) is 21.3 Å². The topological polar surface area (TPSA) is 66.4 Å². The molecular formula is C13H17BrFNO3S2. The van der Waals surface area contributed by atoms with Crippen LogP contribution in [-0.4, -0.2) is 31.1 Å². The van der Waals surface area contributed by atoms with Crippen LogP contribution in [0.5, 0.6) is 0 Å². The van der Waals surface area contributed by atoms with E-state index < -0.39 is 27.3 Å². The highest BCUT2D eigenvalue weighted by Crippen LogP contribution is 2.30. The van der Waals surface area contributed by atoms with Crippen molar-refractivity contribution < 1.29 is 17.9 Å². The summed E-state index contributed by atoms with van der Waals surface area (Å²) in [5.41, 5.74) is -0.0434. The summed E-state index contributed by atoms with van der Waals surface area (Å²) in [6.45, 7) is -0.550. The summed E-state index contributed by atoms with van der Waals surface area (Å²) in [7, 11) is -3.94. The van der Waals surface area contributed by atoms with Gasteiger partial charge in [0.2, 0.25) is 10.0 Å². The van der Waals surface area contributed by atoms with Gasteiger partial charge >= 0.3 is 0 Å². The van der Waals surface area contributed by atoms with Crippen LogP contribution in [0.4, 0.5) is 4.39 Å². The molecule has 1 aromatic rings. The minimum atomic E-state index is -3.94. The summed E-state index contributed by atoms with van der Waals surface area (Å²) in [5.74, 6) is -0.896. The van der Waals surface area contributed by atoms with Crippen molar-refractivity contribution in [1.82, 2.24) is 4.72 Å². The molecule has 0 aromatic heterocycles. The number of nitrogens with one attached hydrogen (secondary N) is 1. The van der Waals surface area contributed by atoms with Gasteiger partial charge in [-0.05, 0) is 37.7 Å². The standard InChI is InChI=1S/C13H17BrFNO3S2/c1-20-11-3-2-10(6-11)16-21(18,19)12-5-9(14)4-8(7-17)13(12)15/h4-5,10-11,16-17H,2-3,6-7H2,1H3. The maximum Gasteiger partial charge on any atom is 0.243 e. The van der Waals surface area contributed by atoms with Crippen molar-refractivity contribution in [3.8, 4) is 0 Å². The molecule has 8 heteroatoms. The Balaban J connectivity index is 2.26. The molecule has 118 valence electrons. The van der Waals surface area contributed by atoms with Gasteiger partial charge in [0.05, 0.1) is 6.61 Å². The second kappa shape index (κ2) is 6.95. The number of halogens is 2. The summed E-state index contributed by atoms with van der Waals surface area (Å²) in [4.78, 5) is -0.423. The molecule has 2 unspecified atom stereocenters. The van der Waals surface area contributed by atoms with Crippen molar-refractivity contribution in [3.63, 3.8) is 0 Å². The van der Waals surface area contributed by atoms with Gasteiger partial charge in [0.25, 0.3) is 0 Å². The number of sulfonamides is 1. The maximum absolute atomic E-state index is 14.2. The zero-order valence-electron chi connectivity index (χ0n) is 11.5. The third-order valence-electron chi connectivity index (χ3n) is 3.58. The molecule has 0 amide bonds. The van der Waals surface area contributed by atoms with Gasteiger partial charge in [-0.25, -0.2) is 17.5 Å². The highest BCUT2D eigenvalue weighted by atomic mass is 79.9. The Morgan fingerprint density at radius 3 is 2.76 bits per heavy atom. The van der Waals surface area contributed by atoms with E-state index >= 15 is 0 Å². The SMILES string of the molecule is CSC1CCC(NS(=O)(=O)c2cc(Br)cc(CO)c2F)C1. The minimum Gasteiger partial charge on any atom is -0.392 e. The predicted molar refractivity (Wildman–Crippen MR) is 85.3 cm³/mol. The molecule has 1 saturated carbocycles. The molecule has 0 spiro atoms. The Morgan fingerprint density at radius 1 is 1.48 bits per heavy atom. The van der Waals surface area contributed by atoms with Gasteiger partial charge in [0.15, 0.2) is 0 Å². The molecule has 4 nitrogen and oxygen atoms in total. The summed E-state index contributed by atoms with van der Waals surface area (Å²) in [6.07, 6.45) is 4.47. The fourth-order valence-corrected chi connectivity index (χ4v) is 5.36. The molecule has 2 atom stereocenters. The lowest BCUT2D eigenvalue weighted by Gasteiger charge is -2.15. The van der Waals surface area contributed by atoms with Crippen LogP contribution >= 0.6 is 27.7 Å². The molecule has 2 N–H and O–H groups in total. The van der Waals surface area contributed by atoms with Crippen LogP contribution in [0.3, 0.4) is 0 Å². The van der Waals surface area contributed by atoms with E-state index in [9.17, 15) is 12.8 Å². The molecule has 0 aliphatic heterocycles. The van der Waals surface area contributed by atoms with Crippen LogP contribution in [0, 0.1) is 5.82 Å². The Hall–Kier alpha value is -0.150. The number of rotatable bonds is 5. The molecule has 2 rings (SSSR count). The molecule has 0 bridgehead atoms. The Kier molecular flexibility index (Phi) is 5.70. The average molecular weight is 398 g/mol. The lowest BCUT2D eigenvalue weighted by molar-refractivity contribution is 0.274. The quantitative estimate of drug-likeness (QED) is 0.801. The molecule has 1 fully saturated rings. The van der Waals surface area contributed by atoms with E-state index in [1.807, 2.05) is 6.26 Å². The van der Waals surface area contributed by atoms with Crippen LogP contribution in [0.15, 0.2) is 21.5 Å². The van der Waals surface area contributed by atoms with Crippen molar-refractivity contribution in [2.45, 2.75) is 42.1 Å². The number of thioether (sulfide) groups is 1. The van der Waals surface area contributed by atoms with Crippen molar-refractivity contribution >= 4 is 37.7 Å². The predicted octanol–water partition coefficient (Wildman–Crippen LogP) is 2.64. The first kappa shape index (κ1) is 17.2. The zero-order valence-corrected chi connectivity index (χ0v) is 14.7. The Morgan fingerprint density at radius 2 is 2.19 bits per heavy atom. The van der Waals surface area contributed by atoms with Crippen molar-refractivity contribution in [2.75, 3.05) is 6.26 Å². The third-order valence-corrected chi connectivity index (χ3v) is 6.65. The van der Waals surface area contributed by atoms with Crippen LogP contribution < -0.4 is 4.72 Å². The largest absolute Gasteiger partial charge is 0.392 e. The molecular weight excluding hydrogens is 381 g/mol. The first-order valence-corrected chi connectivity index (χ1v) is 10.1. The van der Waals surface area contributed by atoms with Crippen LogP contribution in [0.25, 0.3) is 0 Å². The first-order chi connectivity index (χ1) is 9.87. The minimum absolute atomic E-state index is 0.0434. The van der Waals surface area contributed by atoms with E-state index in [4.69, 9.17) is 5.11 Å². The fourth-order valence-electron chi connectivity index (χ4n) is 2.47. The summed E-state index contributed by atoms with van der Waals surface area (Å²) >= 11 is 4.86. The van der Waals surface area contributed by atoms with E-state index in [2.05, 4.69) is 20.7 Å². The van der Waals surface area contributed by atoms with Crippen LogP contribution in [0.2, 0.25) is 0 Å². The van der Waals surface area contributed by atoms with Crippen molar-refractivity contribution in [3.05, 3.63) is 28.0 Å². The molecule has 0 saturated heterocycles. The Labute approximate surface area is 136 Å². The lowest BCUT2D eigenvalue weighted by atomic mass is 10.2. The summed E-state index contributed by atoms with van der Waals surface area (Å²) in [5, 5.41) is 9.55. The Bertz CT molecular complexity index is 624. The van der Waals surface area contributed by atoms with E-state index in [1.54, 1.807) is 11.8 Å². The second-order valence-electron chi connectivity index (χ2n) is 5.02. The van der Waals surface area contributed by atoms with Gasteiger partial charge in [-0.2, -0.15) is 11.8 Å². The fraction of sp³-hybridized carbons (Fsp3) is 0.538. The van der Waals surface area contributed by atoms with Gasteiger partial charge in [0.1, 0.15) is 10.7 Å². The number of aliphatic hydroxyl groups is 1.